The maximum atomic E-state index is 5.06. The molecule has 4 nitrogen and oxygen atoms in total. The zero-order valence-electron chi connectivity index (χ0n) is 22.3. The van der Waals surface area contributed by atoms with E-state index in [9.17, 15) is 0 Å². The number of nitrogens with one attached hydrogen (secondary N) is 1. The standard InChI is InChI=1S/C33H38N4/c1-22-11-9-15-26(23(22)2)28-17-18-34-32-31(28)35-21-29(33(32)37-19-7-4-8-20-37)24(3)36-30-16-10-13-25-12-5-6-14-27(25)30/h6,9,11,14-15,17-18,21,30,36H,3-5,7-8,10,12-13,16,19-20H2,1-2H3. The highest BCUT2D eigenvalue weighted by Crippen LogP contribution is 2.39. The van der Waals surface area contributed by atoms with Gasteiger partial charge in [0.15, 0.2) is 0 Å². The molecule has 1 fully saturated rings. The Hall–Kier alpha value is -3.40. The number of allylic oxidation sites excluding steroid dienone is 2. The fourth-order valence-corrected chi connectivity index (χ4v) is 6.47. The van der Waals surface area contributed by atoms with Crippen LogP contribution in [0.3, 0.4) is 0 Å². The van der Waals surface area contributed by atoms with E-state index in [4.69, 9.17) is 9.97 Å². The van der Waals surface area contributed by atoms with E-state index in [1.807, 2.05) is 12.4 Å². The van der Waals surface area contributed by atoms with Gasteiger partial charge in [0.05, 0.1) is 17.2 Å². The number of pyridine rings is 2. The summed E-state index contributed by atoms with van der Waals surface area (Å²) in [6.07, 6.45) is 18.4. The molecular formula is C33H38N4. The number of anilines is 1. The normalized spacial score (nSPS) is 19.7. The van der Waals surface area contributed by atoms with Gasteiger partial charge in [-0.1, -0.05) is 42.5 Å². The van der Waals surface area contributed by atoms with Crippen molar-refractivity contribution in [3.63, 3.8) is 0 Å². The molecule has 4 heteroatoms. The second-order valence-electron chi connectivity index (χ2n) is 10.9. The van der Waals surface area contributed by atoms with Gasteiger partial charge in [0, 0.05) is 42.3 Å². The predicted octanol–water partition coefficient (Wildman–Crippen LogP) is 7.66. The Kier molecular flexibility index (Phi) is 6.58. The number of benzene rings is 1. The summed E-state index contributed by atoms with van der Waals surface area (Å²) >= 11 is 0. The number of fused-ring (bicyclic) bond motifs is 1. The number of rotatable bonds is 5. The molecule has 1 unspecified atom stereocenters. The van der Waals surface area contributed by atoms with E-state index in [0.29, 0.717) is 6.04 Å². The molecule has 3 heterocycles. The highest BCUT2D eigenvalue weighted by molar-refractivity contribution is 6.01. The van der Waals surface area contributed by atoms with Crippen molar-refractivity contribution >= 4 is 22.4 Å². The van der Waals surface area contributed by atoms with Gasteiger partial charge < -0.3 is 10.2 Å². The molecule has 0 bridgehead atoms. The molecule has 0 saturated carbocycles. The van der Waals surface area contributed by atoms with Crippen LogP contribution >= 0.6 is 0 Å². The summed E-state index contributed by atoms with van der Waals surface area (Å²) in [4.78, 5) is 12.5. The Morgan fingerprint density at radius 2 is 1.84 bits per heavy atom. The average molecular weight is 491 g/mol. The van der Waals surface area contributed by atoms with E-state index in [2.05, 4.69) is 67.1 Å². The van der Waals surface area contributed by atoms with Crippen molar-refractivity contribution in [2.75, 3.05) is 18.0 Å². The lowest BCUT2D eigenvalue weighted by Crippen LogP contribution is -2.34. The van der Waals surface area contributed by atoms with Crippen molar-refractivity contribution in [1.82, 2.24) is 15.3 Å². The van der Waals surface area contributed by atoms with Gasteiger partial charge in [-0.05, 0) is 93.5 Å². The first-order valence-corrected chi connectivity index (χ1v) is 14.1. The molecule has 1 atom stereocenters. The number of piperidine rings is 1. The summed E-state index contributed by atoms with van der Waals surface area (Å²) < 4.78 is 0. The number of hydrogen-bond acceptors (Lipinski definition) is 4. The molecule has 2 aromatic heterocycles. The smallest absolute Gasteiger partial charge is 0.113 e. The average Bonchev–Trinajstić information content (AvgIpc) is 2.94. The third kappa shape index (κ3) is 4.47. The molecule has 3 aromatic rings. The van der Waals surface area contributed by atoms with Crippen molar-refractivity contribution in [3.05, 3.63) is 83.2 Å². The Labute approximate surface area is 221 Å². The topological polar surface area (TPSA) is 41.1 Å². The van der Waals surface area contributed by atoms with Crippen LogP contribution in [0, 0.1) is 13.8 Å². The van der Waals surface area contributed by atoms with E-state index in [0.717, 1.165) is 47.4 Å². The maximum absolute atomic E-state index is 5.06. The molecule has 1 aliphatic heterocycles. The fourth-order valence-electron chi connectivity index (χ4n) is 6.47. The van der Waals surface area contributed by atoms with Crippen LogP contribution in [0.15, 0.2) is 66.5 Å². The number of nitrogens with zero attached hydrogens (tertiary/aromatic N) is 3. The Balaban J connectivity index is 1.45. The highest BCUT2D eigenvalue weighted by Gasteiger charge is 2.26. The molecule has 2 aliphatic carbocycles. The number of aryl methyl sites for hydroxylation is 1. The van der Waals surface area contributed by atoms with Crippen LogP contribution in [-0.2, 0) is 0 Å². The summed E-state index contributed by atoms with van der Waals surface area (Å²) in [5, 5.41) is 3.84. The Bertz CT molecular complexity index is 1410. The van der Waals surface area contributed by atoms with E-state index in [1.165, 1.54) is 72.9 Å². The fraction of sp³-hybridized carbons (Fsp3) is 0.394. The first kappa shape index (κ1) is 24.0. The zero-order valence-corrected chi connectivity index (χ0v) is 22.3. The second kappa shape index (κ2) is 10.2. The molecular weight excluding hydrogens is 452 g/mol. The van der Waals surface area contributed by atoms with Gasteiger partial charge in [-0.15, -0.1) is 0 Å². The van der Waals surface area contributed by atoms with Crippen LogP contribution in [0.4, 0.5) is 5.69 Å². The van der Waals surface area contributed by atoms with Crippen LogP contribution < -0.4 is 10.2 Å². The summed E-state index contributed by atoms with van der Waals surface area (Å²) in [6.45, 7) is 11.1. The van der Waals surface area contributed by atoms with Crippen LogP contribution in [0.2, 0.25) is 0 Å². The quantitative estimate of drug-likeness (QED) is 0.398. The van der Waals surface area contributed by atoms with Gasteiger partial charge in [-0.3, -0.25) is 9.97 Å². The van der Waals surface area contributed by atoms with Gasteiger partial charge in [0.2, 0.25) is 0 Å². The van der Waals surface area contributed by atoms with Gasteiger partial charge in [-0.2, -0.15) is 0 Å². The minimum Gasteiger partial charge on any atom is -0.378 e. The molecule has 190 valence electrons. The molecule has 6 rings (SSSR count). The molecule has 0 radical (unpaired) electrons. The van der Waals surface area contributed by atoms with Crippen molar-refractivity contribution in [3.8, 4) is 11.1 Å². The third-order valence-corrected chi connectivity index (χ3v) is 8.63. The van der Waals surface area contributed by atoms with E-state index < -0.39 is 0 Å². The van der Waals surface area contributed by atoms with Crippen molar-refractivity contribution < 1.29 is 0 Å². The Morgan fingerprint density at radius 3 is 2.70 bits per heavy atom. The van der Waals surface area contributed by atoms with Crippen molar-refractivity contribution in [2.24, 2.45) is 0 Å². The van der Waals surface area contributed by atoms with Gasteiger partial charge in [0.25, 0.3) is 0 Å². The van der Waals surface area contributed by atoms with Crippen LogP contribution in [0.1, 0.15) is 68.1 Å². The monoisotopic (exact) mass is 490 g/mol. The summed E-state index contributed by atoms with van der Waals surface area (Å²) in [5.41, 5.74) is 13.3. The first-order chi connectivity index (χ1) is 18.1. The summed E-state index contributed by atoms with van der Waals surface area (Å²) in [5.74, 6) is 0. The van der Waals surface area contributed by atoms with Gasteiger partial charge in [0.1, 0.15) is 5.52 Å². The lowest BCUT2D eigenvalue weighted by Gasteiger charge is -2.34. The van der Waals surface area contributed by atoms with Crippen LogP contribution in [-0.4, -0.2) is 29.1 Å². The molecule has 0 amide bonds. The van der Waals surface area contributed by atoms with E-state index in [1.54, 1.807) is 5.57 Å². The lowest BCUT2D eigenvalue weighted by molar-refractivity contribution is 0.543. The molecule has 3 aliphatic rings. The van der Waals surface area contributed by atoms with Gasteiger partial charge in [-0.25, -0.2) is 0 Å². The molecule has 0 spiro atoms. The zero-order chi connectivity index (χ0) is 25.4. The summed E-state index contributed by atoms with van der Waals surface area (Å²) in [6, 6.07) is 8.97. The first-order valence-electron chi connectivity index (χ1n) is 14.1. The highest BCUT2D eigenvalue weighted by atomic mass is 15.1. The second-order valence-corrected chi connectivity index (χ2v) is 10.9. The number of hydrogen-bond donors (Lipinski definition) is 1. The third-order valence-electron chi connectivity index (χ3n) is 8.63. The van der Waals surface area contributed by atoms with Gasteiger partial charge >= 0.3 is 0 Å². The van der Waals surface area contributed by atoms with Crippen LogP contribution in [0.5, 0.6) is 0 Å². The molecule has 1 N–H and O–H groups in total. The lowest BCUT2D eigenvalue weighted by atomic mass is 9.82. The molecule has 37 heavy (non-hydrogen) atoms. The Morgan fingerprint density at radius 1 is 0.973 bits per heavy atom. The van der Waals surface area contributed by atoms with E-state index >= 15 is 0 Å². The van der Waals surface area contributed by atoms with E-state index in [-0.39, 0.29) is 0 Å². The largest absolute Gasteiger partial charge is 0.378 e. The summed E-state index contributed by atoms with van der Waals surface area (Å²) in [7, 11) is 0. The number of aromatic nitrogens is 2. The SMILES string of the molecule is C=C(NC1CCCC2=C1C=CCC2)c1cnc2c(-c3cccc(C)c3C)ccnc2c1N1CCCCC1. The minimum atomic E-state index is 0.326. The van der Waals surface area contributed by atoms with Crippen LogP contribution in [0.25, 0.3) is 27.9 Å². The minimum absolute atomic E-state index is 0.326. The maximum Gasteiger partial charge on any atom is 0.113 e. The molecule has 1 saturated heterocycles. The van der Waals surface area contributed by atoms with Crippen molar-refractivity contribution in [1.29, 1.82) is 0 Å². The van der Waals surface area contributed by atoms with Crippen molar-refractivity contribution in [2.45, 2.75) is 71.3 Å². The molecule has 1 aromatic carbocycles. The predicted molar refractivity (Wildman–Crippen MR) is 156 cm³/mol.